The van der Waals surface area contributed by atoms with Gasteiger partial charge in [0.25, 0.3) is 11.8 Å². The second-order valence-corrected chi connectivity index (χ2v) is 9.28. The van der Waals surface area contributed by atoms with Crippen LogP contribution in [0.1, 0.15) is 37.4 Å². The minimum atomic E-state index is -0.503. The number of amides is 2. The maximum atomic E-state index is 14.3. The highest BCUT2D eigenvalue weighted by atomic mass is 35.5. The molecule has 0 saturated heterocycles. The Morgan fingerprint density at radius 1 is 0.921 bits per heavy atom. The molecular weight excluding hydrogens is 507 g/mol. The van der Waals surface area contributed by atoms with Crippen LogP contribution in [0.15, 0.2) is 84.9 Å². The fraction of sp³-hybridized carbons (Fsp3) is 0.100. The van der Waals surface area contributed by atoms with E-state index < -0.39 is 11.8 Å². The van der Waals surface area contributed by atoms with Crippen molar-refractivity contribution in [2.24, 2.45) is 0 Å². The largest absolute Gasteiger partial charge is 0.461 e. The number of hydrogen-bond donors (Lipinski definition) is 1. The highest BCUT2D eigenvalue weighted by Gasteiger charge is 2.36. The van der Waals surface area contributed by atoms with E-state index in [0.29, 0.717) is 33.6 Å². The molecule has 1 aliphatic heterocycles. The normalized spacial score (nSPS) is 12.4. The molecule has 0 aromatic heterocycles. The van der Waals surface area contributed by atoms with Gasteiger partial charge in [-0.3, -0.25) is 14.4 Å². The molecule has 0 saturated carbocycles. The molecule has 5 rings (SSSR count). The van der Waals surface area contributed by atoms with Crippen LogP contribution in [0.3, 0.4) is 0 Å². The van der Waals surface area contributed by atoms with E-state index >= 15 is 0 Å². The second-order valence-electron chi connectivity index (χ2n) is 8.88. The van der Waals surface area contributed by atoms with E-state index in [0.717, 1.165) is 10.5 Å². The van der Waals surface area contributed by atoms with Crippen LogP contribution < -0.4 is 10.2 Å². The lowest BCUT2D eigenvalue weighted by atomic mass is 10.1. The molecule has 0 aliphatic carbocycles. The van der Waals surface area contributed by atoms with Gasteiger partial charge in [0.15, 0.2) is 0 Å². The first-order valence-corrected chi connectivity index (χ1v) is 12.2. The quantitative estimate of drug-likeness (QED) is 0.215. The van der Waals surface area contributed by atoms with Crippen LogP contribution in [-0.4, -0.2) is 17.8 Å². The van der Waals surface area contributed by atoms with E-state index in [-0.39, 0.29) is 35.6 Å². The third kappa shape index (κ3) is 5.01. The summed E-state index contributed by atoms with van der Waals surface area (Å²) in [6.45, 7) is 1.90. The third-order valence-electron chi connectivity index (χ3n) is 6.21. The smallest absolute Gasteiger partial charge is 0.310 e. The molecule has 4 aromatic rings. The van der Waals surface area contributed by atoms with Crippen LogP contribution in [0, 0.1) is 12.7 Å². The molecule has 0 spiro atoms. The highest BCUT2D eigenvalue weighted by molar-refractivity contribution is 6.34. The standard InChI is InChI=1S/C30H22ClFN2O4/c1-18-9-14-26(33-28-24(31)7-4-8-25(28)32)20(15-18)16-27(35)38-17-19-10-12-21(13-11-19)34-29(36)22-5-2-3-6-23(22)30(34)37/h2-15,33H,16-17H2,1H3. The predicted octanol–water partition coefficient (Wildman–Crippen LogP) is 6.62. The molecule has 2 amide bonds. The Labute approximate surface area is 223 Å². The number of hydrogen-bond acceptors (Lipinski definition) is 5. The van der Waals surface area contributed by atoms with Crippen molar-refractivity contribution in [2.75, 3.05) is 10.2 Å². The summed E-state index contributed by atoms with van der Waals surface area (Å²) in [7, 11) is 0. The minimum Gasteiger partial charge on any atom is -0.461 e. The number of esters is 1. The van der Waals surface area contributed by atoms with Gasteiger partial charge in [-0.05, 0) is 60.5 Å². The van der Waals surface area contributed by atoms with Gasteiger partial charge in [-0.15, -0.1) is 0 Å². The van der Waals surface area contributed by atoms with Gasteiger partial charge in [-0.1, -0.05) is 59.6 Å². The fourth-order valence-corrected chi connectivity index (χ4v) is 4.49. The van der Waals surface area contributed by atoms with Crippen molar-refractivity contribution in [3.8, 4) is 0 Å². The number of para-hydroxylation sites is 1. The summed E-state index contributed by atoms with van der Waals surface area (Å²) in [6.07, 6.45) is -0.0385. The zero-order valence-electron chi connectivity index (χ0n) is 20.3. The van der Waals surface area contributed by atoms with Gasteiger partial charge in [0.2, 0.25) is 0 Å². The Morgan fingerprint density at radius 3 is 2.26 bits per heavy atom. The number of rotatable bonds is 7. The van der Waals surface area contributed by atoms with Gasteiger partial charge in [0.1, 0.15) is 12.4 Å². The first-order valence-electron chi connectivity index (χ1n) is 11.8. The van der Waals surface area contributed by atoms with Gasteiger partial charge in [0, 0.05) is 5.69 Å². The number of benzene rings is 4. The molecule has 190 valence electrons. The van der Waals surface area contributed by atoms with E-state index in [2.05, 4.69) is 5.32 Å². The molecule has 8 heteroatoms. The molecule has 0 radical (unpaired) electrons. The molecule has 4 aromatic carbocycles. The summed E-state index contributed by atoms with van der Waals surface area (Å²) in [5.41, 5.74) is 4.12. The van der Waals surface area contributed by atoms with Crippen molar-refractivity contribution in [3.63, 3.8) is 0 Å². The van der Waals surface area contributed by atoms with Crippen LogP contribution in [0.5, 0.6) is 0 Å². The third-order valence-corrected chi connectivity index (χ3v) is 6.52. The summed E-state index contributed by atoms with van der Waals surface area (Å²) >= 11 is 6.14. The van der Waals surface area contributed by atoms with E-state index in [4.69, 9.17) is 16.3 Å². The SMILES string of the molecule is Cc1ccc(Nc2c(F)cccc2Cl)c(CC(=O)OCc2ccc(N3C(=O)c4ccccc4C3=O)cc2)c1. The van der Waals surface area contributed by atoms with Crippen molar-refractivity contribution < 1.29 is 23.5 Å². The zero-order valence-corrected chi connectivity index (χ0v) is 21.1. The fourth-order valence-electron chi connectivity index (χ4n) is 4.28. The number of halogens is 2. The first-order chi connectivity index (χ1) is 18.3. The van der Waals surface area contributed by atoms with Gasteiger partial charge in [0.05, 0.1) is 33.9 Å². The lowest BCUT2D eigenvalue weighted by molar-refractivity contribution is -0.144. The van der Waals surface area contributed by atoms with E-state index in [1.807, 2.05) is 19.1 Å². The number of nitrogens with one attached hydrogen (secondary N) is 1. The summed E-state index contributed by atoms with van der Waals surface area (Å²) in [5, 5.41) is 3.21. The minimum absolute atomic E-state index is 0.00888. The molecule has 38 heavy (non-hydrogen) atoms. The van der Waals surface area contributed by atoms with Crippen LogP contribution in [0.4, 0.5) is 21.5 Å². The van der Waals surface area contributed by atoms with Gasteiger partial charge < -0.3 is 10.1 Å². The number of imide groups is 1. The summed E-state index contributed by atoms with van der Waals surface area (Å²) in [5.74, 6) is -1.72. The Balaban J connectivity index is 1.24. The van der Waals surface area contributed by atoms with Crippen molar-refractivity contribution in [3.05, 3.63) is 124 Å². The van der Waals surface area contributed by atoms with Crippen molar-refractivity contribution in [2.45, 2.75) is 20.0 Å². The zero-order chi connectivity index (χ0) is 26.8. The lowest BCUT2D eigenvalue weighted by Gasteiger charge is -2.15. The molecule has 0 atom stereocenters. The highest BCUT2D eigenvalue weighted by Crippen LogP contribution is 2.31. The van der Waals surface area contributed by atoms with Gasteiger partial charge in [-0.25, -0.2) is 9.29 Å². The Morgan fingerprint density at radius 2 is 1.61 bits per heavy atom. The Bertz CT molecular complexity index is 1510. The maximum absolute atomic E-state index is 14.3. The number of fused-ring (bicyclic) bond motifs is 1. The second kappa shape index (κ2) is 10.5. The molecule has 1 N–H and O–H groups in total. The number of ether oxygens (including phenoxy) is 1. The lowest BCUT2D eigenvalue weighted by Crippen LogP contribution is -2.29. The molecule has 6 nitrogen and oxygen atoms in total. The number of aryl methyl sites for hydroxylation is 1. The maximum Gasteiger partial charge on any atom is 0.310 e. The average molecular weight is 529 g/mol. The monoisotopic (exact) mass is 528 g/mol. The Hall–Kier alpha value is -4.49. The number of carbonyl (C=O) groups is 3. The number of nitrogens with zero attached hydrogens (tertiary/aromatic N) is 1. The molecule has 0 bridgehead atoms. The van der Waals surface area contributed by atoms with E-state index in [9.17, 15) is 18.8 Å². The summed E-state index contributed by atoms with van der Waals surface area (Å²) in [4.78, 5) is 39.2. The van der Waals surface area contributed by atoms with Crippen LogP contribution in [-0.2, 0) is 22.6 Å². The van der Waals surface area contributed by atoms with Crippen LogP contribution in [0.2, 0.25) is 5.02 Å². The van der Waals surface area contributed by atoms with Gasteiger partial charge >= 0.3 is 5.97 Å². The van der Waals surface area contributed by atoms with Crippen LogP contribution >= 0.6 is 11.6 Å². The molecule has 0 fully saturated rings. The van der Waals surface area contributed by atoms with E-state index in [1.165, 1.54) is 12.1 Å². The molecule has 1 heterocycles. The summed E-state index contributed by atoms with van der Waals surface area (Å²) < 4.78 is 19.7. The predicted molar refractivity (Wildman–Crippen MR) is 143 cm³/mol. The molecule has 1 aliphatic rings. The summed E-state index contributed by atoms with van der Waals surface area (Å²) in [6, 6.07) is 23.2. The van der Waals surface area contributed by atoms with Crippen LogP contribution in [0.25, 0.3) is 0 Å². The molecular formula is C30H22ClFN2O4. The topological polar surface area (TPSA) is 75.7 Å². The average Bonchev–Trinajstić information content (AvgIpc) is 3.16. The van der Waals surface area contributed by atoms with E-state index in [1.54, 1.807) is 60.7 Å². The number of carbonyl (C=O) groups excluding carboxylic acids is 3. The van der Waals surface area contributed by atoms with Gasteiger partial charge in [-0.2, -0.15) is 0 Å². The molecule has 0 unspecified atom stereocenters. The Kier molecular flexibility index (Phi) is 6.94. The van der Waals surface area contributed by atoms with Crippen molar-refractivity contribution >= 4 is 46.4 Å². The van der Waals surface area contributed by atoms with Crippen molar-refractivity contribution in [1.82, 2.24) is 0 Å². The van der Waals surface area contributed by atoms with Crippen molar-refractivity contribution in [1.29, 1.82) is 0 Å². The number of anilines is 3. The first kappa shape index (κ1) is 25.2.